The molecular formula is C13H18ClNO. The molecule has 1 aromatic rings. The maximum absolute atomic E-state index is 6.03. The predicted molar refractivity (Wildman–Crippen MR) is 67.9 cm³/mol. The molecular weight excluding hydrogens is 222 g/mol. The summed E-state index contributed by atoms with van der Waals surface area (Å²) in [7, 11) is 0. The molecule has 0 spiro atoms. The monoisotopic (exact) mass is 239 g/mol. The van der Waals surface area contributed by atoms with Crippen LogP contribution >= 0.6 is 11.6 Å². The van der Waals surface area contributed by atoms with E-state index in [1.54, 1.807) is 18.2 Å². The Balaban J connectivity index is 1.90. The van der Waals surface area contributed by atoms with Crippen molar-refractivity contribution < 1.29 is 4.74 Å². The second-order valence-electron chi connectivity index (χ2n) is 4.50. The third-order valence-electron chi connectivity index (χ3n) is 3.15. The van der Waals surface area contributed by atoms with Crippen LogP contribution in [0.5, 0.6) is 5.75 Å². The molecule has 0 heterocycles. The maximum atomic E-state index is 6.03. The van der Waals surface area contributed by atoms with Gasteiger partial charge in [0.25, 0.3) is 0 Å². The minimum absolute atomic E-state index is 0.644. The second-order valence-corrected chi connectivity index (χ2v) is 4.91. The van der Waals surface area contributed by atoms with Gasteiger partial charge in [-0.25, -0.2) is 0 Å². The van der Waals surface area contributed by atoms with Crippen molar-refractivity contribution in [1.29, 1.82) is 0 Å². The summed E-state index contributed by atoms with van der Waals surface area (Å²) in [4.78, 5) is 0. The largest absolute Gasteiger partial charge is 0.492 e. The summed E-state index contributed by atoms with van der Waals surface area (Å²) >= 11 is 6.03. The molecule has 0 amide bonds. The van der Waals surface area contributed by atoms with Crippen LogP contribution in [-0.4, -0.2) is 6.61 Å². The van der Waals surface area contributed by atoms with Crippen molar-refractivity contribution in [2.75, 3.05) is 12.3 Å². The number of ether oxygens (including phenoxy) is 1. The average molecular weight is 240 g/mol. The molecule has 1 aromatic carbocycles. The highest BCUT2D eigenvalue weighted by Gasteiger charge is 2.14. The fourth-order valence-electron chi connectivity index (χ4n) is 2.19. The Kier molecular flexibility index (Phi) is 3.94. The highest BCUT2D eigenvalue weighted by Crippen LogP contribution is 2.29. The van der Waals surface area contributed by atoms with Gasteiger partial charge in [-0.15, -0.1) is 0 Å². The Morgan fingerprint density at radius 1 is 1.25 bits per heavy atom. The zero-order valence-electron chi connectivity index (χ0n) is 9.42. The molecule has 0 bridgehead atoms. The molecule has 2 N–H and O–H groups in total. The minimum Gasteiger partial charge on any atom is -0.492 e. The standard InChI is InChI=1S/C13H18ClNO/c14-12-7-6-11(15)8-13(12)16-9-10-4-2-1-3-5-10/h6-8,10H,1-5,9,15H2. The number of hydrogen-bond acceptors (Lipinski definition) is 2. The van der Waals surface area contributed by atoms with E-state index < -0.39 is 0 Å². The van der Waals surface area contributed by atoms with Gasteiger partial charge >= 0.3 is 0 Å². The summed E-state index contributed by atoms with van der Waals surface area (Å²) in [5.41, 5.74) is 6.39. The van der Waals surface area contributed by atoms with Crippen molar-refractivity contribution in [1.82, 2.24) is 0 Å². The molecule has 0 atom stereocenters. The van der Waals surface area contributed by atoms with E-state index in [1.807, 2.05) is 0 Å². The quantitative estimate of drug-likeness (QED) is 0.813. The van der Waals surface area contributed by atoms with Crippen LogP contribution in [0.1, 0.15) is 32.1 Å². The van der Waals surface area contributed by atoms with Crippen LogP contribution in [0.2, 0.25) is 5.02 Å². The van der Waals surface area contributed by atoms with Gasteiger partial charge in [-0.05, 0) is 30.9 Å². The second kappa shape index (κ2) is 5.44. The highest BCUT2D eigenvalue weighted by molar-refractivity contribution is 6.32. The van der Waals surface area contributed by atoms with E-state index in [1.165, 1.54) is 32.1 Å². The SMILES string of the molecule is Nc1ccc(Cl)c(OCC2CCCCC2)c1. The zero-order valence-corrected chi connectivity index (χ0v) is 10.2. The first-order valence-corrected chi connectivity index (χ1v) is 6.31. The molecule has 0 unspecified atom stereocenters. The van der Waals surface area contributed by atoms with Crippen LogP contribution in [-0.2, 0) is 0 Å². The van der Waals surface area contributed by atoms with E-state index >= 15 is 0 Å². The lowest BCUT2D eigenvalue weighted by atomic mass is 9.90. The van der Waals surface area contributed by atoms with Gasteiger partial charge in [0.05, 0.1) is 11.6 Å². The molecule has 16 heavy (non-hydrogen) atoms. The van der Waals surface area contributed by atoms with Crippen molar-refractivity contribution in [3.8, 4) is 5.75 Å². The number of anilines is 1. The van der Waals surface area contributed by atoms with E-state index in [2.05, 4.69) is 0 Å². The molecule has 1 aliphatic rings. The molecule has 1 fully saturated rings. The summed E-state index contributed by atoms with van der Waals surface area (Å²) in [5.74, 6) is 1.40. The molecule has 1 aliphatic carbocycles. The summed E-state index contributed by atoms with van der Waals surface area (Å²) in [6, 6.07) is 5.37. The first kappa shape index (κ1) is 11.6. The topological polar surface area (TPSA) is 35.2 Å². The van der Waals surface area contributed by atoms with Crippen LogP contribution < -0.4 is 10.5 Å². The van der Waals surface area contributed by atoms with Crippen LogP contribution in [0, 0.1) is 5.92 Å². The molecule has 2 rings (SSSR count). The molecule has 0 aromatic heterocycles. The van der Waals surface area contributed by atoms with Crippen LogP contribution in [0.4, 0.5) is 5.69 Å². The number of benzene rings is 1. The van der Waals surface area contributed by atoms with Gasteiger partial charge in [-0.1, -0.05) is 30.9 Å². The summed E-state index contributed by atoms with van der Waals surface area (Å²) in [6.45, 7) is 0.767. The average Bonchev–Trinajstić information content (AvgIpc) is 2.32. The lowest BCUT2D eigenvalue weighted by molar-refractivity contribution is 0.209. The van der Waals surface area contributed by atoms with E-state index in [9.17, 15) is 0 Å². The molecule has 2 nitrogen and oxygen atoms in total. The summed E-state index contributed by atoms with van der Waals surface area (Å²) in [6.07, 6.45) is 6.59. The fraction of sp³-hybridized carbons (Fsp3) is 0.538. The number of nitrogen functional groups attached to an aromatic ring is 1. The molecule has 0 saturated heterocycles. The molecule has 3 heteroatoms. The fourth-order valence-corrected chi connectivity index (χ4v) is 2.36. The summed E-state index contributed by atoms with van der Waals surface area (Å²) < 4.78 is 5.75. The van der Waals surface area contributed by atoms with Gasteiger partial charge < -0.3 is 10.5 Å². The maximum Gasteiger partial charge on any atom is 0.139 e. The Hall–Kier alpha value is -0.890. The van der Waals surface area contributed by atoms with Gasteiger partial charge in [0.1, 0.15) is 5.75 Å². The van der Waals surface area contributed by atoms with Gasteiger partial charge in [0.15, 0.2) is 0 Å². The number of rotatable bonds is 3. The van der Waals surface area contributed by atoms with Crippen molar-refractivity contribution in [3.05, 3.63) is 23.2 Å². The summed E-state index contributed by atoms with van der Waals surface area (Å²) in [5, 5.41) is 0.644. The van der Waals surface area contributed by atoms with E-state index in [-0.39, 0.29) is 0 Å². The Bertz CT molecular complexity index is 348. The minimum atomic E-state index is 0.644. The third kappa shape index (κ3) is 3.05. The zero-order chi connectivity index (χ0) is 11.4. The Morgan fingerprint density at radius 3 is 2.75 bits per heavy atom. The van der Waals surface area contributed by atoms with Gasteiger partial charge in [0, 0.05) is 11.8 Å². The van der Waals surface area contributed by atoms with Gasteiger partial charge in [0.2, 0.25) is 0 Å². The first-order chi connectivity index (χ1) is 7.75. The third-order valence-corrected chi connectivity index (χ3v) is 3.47. The van der Waals surface area contributed by atoms with Crippen LogP contribution in [0.25, 0.3) is 0 Å². The highest BCUT2D eigenvalue weighted by atomic mass is 35.5. The molecule has 1 saturated carbocycles. The first-order valence-electron chi connectivity index (χ1n) is 5.93. The molecule has 88 valence electrons. The van der Waals surface area contributed by atoms with Crippen molar-refractivity contribution in [3.63, 3.8) is 0 Å². The molecule has 0 radical (unpaired) electrons. The molecule has 0 aliphatic heterocycles. The van der Waals surface area contributed by atoms with E-state index in [4.69, 9.17) is 22.1 Å². The van der Waals surface area contributed by atoms with Crippen molar-refractivity contribution >= 4 is 17.3 Å². The smallest absolute Gasteiger partial charge is 0.139 e. The lowest BCUT2D eigenvalue weighted by Crippen LogP contribution is -2.15. The number of hydrogen-bond donors (Lipinski definition) is 1. The van der Waals surface area contributed by atoms with Gasteiger partial charge in [-0.2, -0.15) is 0 Å². The van der Waals surface area contributed by atoms with E-state index in [0.29, 0.717) is 22.4 Å². The van der Waals surface area contributed by atoms with E-state index in [0.717, 1.165) is 6.61 Å². The predicted octanol–water partition coefficient (Wildman–Crippen LogP) is 3.88. The number of halogens is 1. The Morgan fingerprint density at radius 2 is 2.00 bits per heavy atom. The van der Waals surface area contributed by atoms with Crippen LogP contribution in [0.15, 0.2) is 18.2 Å². The lowest BCUT2D eigenvalue weighted by Gasteiger charge is -2.22. The van der Waals surface area contributed by atoms with Gasteiger partial charge in [-0.3, -0.25) is 0 Å². The normalized spacial score (nSPS) is 17.3. The van der Waals surface area contributed by atoms with Crippen molar-refractivity contribution in [2.45, 2.75) is 32.1 Å². The van der Waals surface area contributed by atoms with Crippen LogP contribution in [0.3, 0.4) is 0 Å². The Labute approximate surface area is 102 Å². The van der Waals surface area contributed by atoms with Crippen molar-refractivity contribution in [2.24, 2.45) is 5.92 Å². The number of nitrogens with two attached hydrogens (primary N) is 1.